The van der Waals surface area contributed by atoms with E-state index < -0.39 is 0 Å². The molecule has 1 aliphatic carbocycles. The van der Waals surface area contributed by atoms with E-state index >= 15 is 0 Å². The van der Waals surface area contributed by atoms with Crippen LogP contribution in [0, 0.1) is 12.8 Å². The van der Waals surface area contributed by atoms with Gasteiger partial charge >= 0.3 is 0 Å². The van der Waals surface area contributed by atoms with Crippen molar-refractivity contribution in [3.63, 3.8) is 0 Å². The third-order valence-corrected chi connectivity index (χ3v) is 6.20. The Morgan fingerprint density at radius 1 is 1.23 bits per heavy atom. The van der Waals surface area contributed by atoms with E-state index in [1.165, 1.54) is 0 Å². The molecule has 3 heterocycles. The van der Waals surface area contributed by atoms with Crippen molar-refractivity contribution in [2.45, 2.75) is 45.3 Å². The maximum Gasteiger partial charge on any atom is 0.246 e. The number of ether oxygens (including phenoxy) is 1. The molecule has 0 saturated heterocycles. The van der Waals surface area contributed by atoms with Crippen LogP contribution in [0.25, 0.3) is 10.9 Å². The number of nitrogens with one attached hydrogen (secondary N) is 1. The number of hydrogen-bond acceptors (Lipinski definition) is 6. The van der Waals surface area contributed by atoms with Crippen molar-refractivity contribution >= 4 is 28.3 Å². The Hall–Kier alpha value is -3.22. The van der Waals surface area contributed by atoms with E-state index in [2.05, 4.69) is 27.4 Å². The normalized spacial score (nSPS) is 23.0. The molecule has 5 rings (SSSR count). The van der Waals surface area contributed by atoms with Gasteiger partial charge in [0.25, 0.3) is 0 Å². The van der Waals surface area contributed by atoms with E-state index in [1.807, 2.05) is 44.0 Å². The van der Waals surface area contributed by atoms with Gasteiger partial charge in [0, 0.05) is 25.1 Å². The van der Waals surface area contributed by atoms with Crippen molar-refractivity contribution in [2.75, 3.05) is 17.3 Å². The Kier molecular flexibility index (Phi) is 4.53. The lowest BCUT2D eigenvalue weighted by Crippen LogP contribution is -2.45. The van der Waals surface area contributed by atoms with E-state index in [1.54, 1.807) is 6.20 Å². The molecule has 2 aromatic heterocycles. The maximum absolute atomic E-state index is 12.1. The number of likely N-dealkylation sites (N-methyl/N-ethyl adjacent to an activating group) is 1. The smallest absolute Gasteiger partial charge is 0.246 e. The lowest BCUT2D eigenvalue weighted by molar-refractivity contribution is -0.117. The minimum Gasteiger partial charge on any atom is -0.490 e. The standard InChI is InChI=1S/C23H25N5O2/c1-13-21-22(28(3)14(2)23(29)27-21)26-20(25-13)11-15-9-18(10-15)30-17-6-7-19-16(12-17)5-4-8-24-19/h4-8,12,14-15,18H,9-11H2,1-3H3,(H,27,29)/t14-,15?,18?/m0/s1. The molecule has 30 heavy (non-hydrogen) atoms. The summed E-state index contributed by atoms with van der Waals surface area (Å²) in [5.41, 5.74) is 2.52. The first kappa shape index (κ1) is 18.8. The number of fused-ring (bicyclic) bond motifs is 2. The summed E-state index contributed by atoms with van der Waals surface area (Å²) in [4.78, 5) is 27.7. The van der Waals surface area contributed by atoms with Crippen molar-refractivity contribution in [3.8, 4) is 5.75 Å². The van der Waals surface area contributed by atoms with Gasteiger partial charge in [-0.25, -0.2) is 9.97 Å². The zero-order chi connectivity index (χ0) is 20.8. The van der Waals surface area contributed by atoms with Gasteiger partial charge in [-0.3, -0.25) is 9.78 Å². The van der Waals surface area contributed by atoms with Gasteiger partial charge in [-0.05, 0) is 56.9 Å². The van der Waals surface area contributed by atoms with Crippen LogP contribution in [0.4, 0.5) is 11.5 Å². The Labute approximate surface area is 175 Å². The topological polar surface area (TPSA) is 80.2 Å². The second kappa shape index (κ2) is 7.23. The Bertz CT molecular complexity index is 1130. The predicted octanol–water partition coefficient (Wildman–Crippen LogP) is 3.51. The molecule has 1 aliphatic heterocycles. The number of amides is 1. The van der Waals surface area contributed by atoms with Crippen LogP contribution in [0.5, 0.6) is 5.75 Å². The number of carbonyl (C=O) groups excluding carboxylic acids is 1. The van der Waals surface area contributed by atoms with Crippen LogP contribution in [-0.2, 0) is 11.2 Å². The number of benzene rings is 1. The highest BCUT2D eigenvalue weighted by Crippen LogP contribution is 2.36. The average molecular weight is 403 g/mol. The SMILES string of the molecule is Cc1nc(CC2CC(Oc3ccc4ncccc4c3)C2)nc2c1NC(=O)[C@H](C)N2C. The van der Waals surface area contributed by atoms with E-state index in [9.17, 15) is 4.79 Å². The van der Waals surface area contributed by atoms with Gasteiger partial charge in [0.05, 0.1) is 17.3 Å². The second-order valence-corrected chi connectivity index (χ2v) is 8.34. The molecular weight excluding hydrogens is 378 g/mol. The maximum atomic E-state index is 12.1. The van der Waals surface area contributed by atoms with Gasteiger partial charge in [0.2, 0.25) is 5.91 Å². The molecule has 2 aliphatic rings. The van der Waals surface area contributed by atoms with E-state index in [0.29, 0.717) is 5.92 Å². The lowest BCUT2D eigenvalue weighted by Gasteiger charge is -2.36. The van der Waals surface area contributed by atoms with E-state index in [0.717, 1.165) is 58.9 Å². The van der Waals surface area contributed by atoms with Crippen LogP contribution in [0.15, 0.2) is 36.5 Å². The molecule has 1 saturated carbocycles. The molecule has 1 amide bonds. The predicted molar refractivity (Wildman–Crippen MR) is 116 cm³/mol. The van der Waals surface area contributed by atoms with Crippen molar-refractivity contribution in [1.29, 1.82) is 0 Å². The summed E-state index contributed by atoms with van der Waals surface area (Å²) in [6.45, 7) is 3.81. The Morgan fingerprint density at radius 3 is 2.90 bits per heavy atom. The highest BCUT2D eigenvalue weighted by atomic mass is 16.5. The van der Waals surface area contributed by atoms with Crippen molar-refractivity contribution < 1.29 is 9.53 Å². The molecule has 7 nitrogen and oxygen atoms in total. The number of pyridine rings is 1. The van der Waals surface area contributed by atoms with Gasteiger partial charge in [0.15, 0.2) is 5.82 Å². The number of aromatic nitrogens is 3. The summed E-state index contributed by atoms with van der Waals surface area (Å²) in [5, 5.41) is 4.03. The number of rotatable bonds is 4. The first-order valence-electron chi connectivity index (χ1n) is 10.4. The summed E-state index contributed by atoms with van der Waals surface area (Å²) in [5.74, 6) is 3.03. The van der Waals surface area contributed by atoms with Crippen LogP contribution in [0.1, 0.15) is 31.3 Å². The summed E-state index contributed by atoms with van der Waals surface area (Å²) in [6, 6.07) is 9.80. The molecule has 1 N–H and O–H groups in total. The van der Waals surface area contributed by atoms with Gasteiger partial charge in [-0.1, -0.05) is 6.07 Å². The minimum absolute atomic E-state index is 0.0205. The van der Waals surface area contributed by atoms with Gasteiger partial charge < -0.3 is 15.0 Å². The van der Waals surface area contributed by atoms with Crippen LogP contribution in [0.2, 0.25) is 0 Å². The second-order valence-electron chi connectivity index (χ2n) is 8.34. The van der Waals surface area contributed by atoms with E-state index in [-0.39, 0.29) is 18.1 Å². The third kappa shape index (κ3) is 3.34. The summed E-state index contributed by atoms with van der Waals surface area (Å²) in [6.07, 6.45) is 4.84. The molecule has 154 valence electrons. The van der Waals surface area contributed by atoms with Crippen LogP contribution < -0.4 is 15.0 Å². The van der Waals surface area contributed by atoms with Gasteiger partial charge in [0.1, 0.15) is 23.3 Å². The lowest BCUT2D eigenvalue weighted by atomic mass is 9.80. The molecular formula is C23H25N5O2. The number of aryl methyl sites for hydroxylation is 1. The van der Waals surface area contributed by atoms with Crippen molar-refractivity contribution in [3.05, 3.63) is 48.0 Å². The first-order valence-corrected chi connectivity index (χ1v) is 10.4. The van der Waals surface area contributed by atoms with Crippen LogP contribution in [0.3, 0.4) is 0 Å². The molecule has 1 atom stereocenters. The van der Waals surface area contributed by atoms with Crippen molar-refractivity contribution in [2.24, 2.45) is 5.92 Å². The summed E-state index contributed by atoms with van der Waals surface area (Å²) < 4.78 is 6.16. The van der Waals surface area contributed by atoms with Crippen LogP contribution >= 0.6 is 0 Å². The quantitative estimate of drug-likeness (QED) is 0.718. The summed E-state index contributed by atoms with van der Waals surface area (Å²) >= 11 is 0. The number of carbonyl (C=O) groups is 1. The number of nitrogens with zero attached hydrogens (tertiary/aromatic N) is 4. The zero-order valence-electron chi connectivity index (χ0n) is 17.4. The molecule has 7 heteroatoms. The van der Waals surface area contributed by atoms with Crippen LogP contribution in [-0.4, -0.2) is 40.1 Å². The van der Waals surface area contributed by atoms with Gasteiger partial charge in [-0.2, -0.15) is 0 Å². The highest BCUT2D eigenvalue weighted by molar-refractivity contribution is 6.02. The molecule has 0 spiro atoms. The zero-order valence-corrected chi connectivity index (χ0v) is 17.4. The molecule has 1 aromatic carbocycles. The monoisotopic (exact) mass is 403 g/mol. The fourth-order valence-electron chi connectivity index (χ4n) is 4.21. The first-order chi connectivity index (χ1) is 14.5. The fourth-order valence-corrected chi connectivity index (χ4v) is 4.21. The Balaban J connectivity index is 1.23. The molecule has 0 radical (unpaired) electrons. The minimum atomic E-state index is -0.238. The molecule has 0 unspecified atom stereocenters. The number of hydrogen-bond donors (Lipinski definition) is 1. The fraction of sp³-hybridized carbons (Fsp3) is 0.391. The largest absolute Gasteiger partial charge is 0.490 e. The van der Waals surface area contributed by atoms with Gasteiger partial charge in [-0.15, -0.1) is 0 Å². The number of anilines is 2. The molecule has 1 fully saturated rings. The van der Waals surface area contributed by atoms with Crippen molar-refractivity contribution in [1.82, 2.24) is 15.0 Å². The highest BCUT2D eigenvalue weighted by Gasteiger charge is 2.34. The van der Waals surface area contributed by atoms with E-state index in [4.69, 9.17) is 9.72 Å². The third-order valence-electron chi connectivity index (χ3n) is 6.20. The average Bonchev–Trinajstić information content (AvgIpc) is 2.71. The molecule has 0 bridgehead atoms. The summed E-state index contributed by atoms with van der Waals surface area (Å²) in [7, 11) is 1.91. The Morgan fingerprint density at radius 2 is 2.07 bits per heavy atom. The molecule has 3 aromatic rings.